The highest BCUT2D eigenvalue weighted by atomic mass is 15.0. The van der Waals surface area contributed by atoms with Crippen molar-refractivity contribution in [1.29, 1.82) is 0 Å². The van der Waals surface area contributed by atoms with Crippen LogP contribution < -0.4 is 5.32 Å². The summed E-state index contributed by atoms with van der Waals surface area (Å²) in [5.41, 5.74) is 0.415. The van der Waals surface area contributed by atoms with Crippen molar-refractivity contribution in [2.75, 3.05) is 0 Å². The molecular formula is C11H21N. The van der Waals surface area contributed by atoms with Crippen LogP contribution in [-0.4, -0.2) is 11.6 Å². The van der Waals surface area contributed by atoms with Gasteiger partial charge in [-0.2, -0.15) is 0 Å². The SMILES string of the molecule is CC1(C)CCC2CCCCC2N1. The molecule has 12 heavy (non-hydrogen) atoms. The van der Waals surface area contributed by atoms with Gasteiger partial charge in [0.1, 0.15) is 0 Å². The van der Waals surface area contributed by atoms with Crippen molar-refractivity contribution in [3.8, 4) is 0 Å². The van der Waals surface area contributed by atoms with E-state index in [0.29, 0.717) is 5.54 Å². The first kappa shape index (κ1) is 8.55. The molecular weight excluding hydrogens is 146 g/mol. The maximum absolute atomic E-state index is 3.79. The van der Waals surface area contributed by atoms with E-state index in [-0.39, 0.29) is 0 Å². The summed E-state index contributed by atoms with van der Waals surface area (Å²) in [6.45, 7) is 4.69. The standard InChI is InChI=1S/C11H21N/c1-11(2)8-7-9-5-3-4-6-10(9)12-11/h9-10,12H,3-8H2,1-2H3. The van der Waals surface area contributed by atoms with Crippen LogP contribution in [0.15, 0.2) is 0 Å². The summed E-state index contributed by atoms with van der Waals surface area (Å²) in [5.74, 6) is 1.01. The Balaban J connectivity index is 1.99. The molecule has 0 spiro atoms. The first-order chi connectivity index (χ1) is 5.67. The van der Waals surface area contributed by atoms with E-state index in [9.17, 15) is 0 Å². The van der Waals surface area contributed by atoms with Crippen LogP contribution in [0.25, 0.3) is 0 Å². The van der Waals surface area contributed by atoms with Crippen LogP contribution in [-0.2, 0) is 0 Å². The Morgan fingerprint density at radius 1 is 1.08 bits per heavy atom. The van der Waals surface area contributed by atoms with Crippen molar-refractivity contribution in [1.82, 2.24) is 5.32 Å². The zero-order chi connectivity index (χ0) is 8.60. The number of nitrogens with one attached hydrogen (secondary N) is 1. The van der Waals surface area contributed by atoms with Gasteiger partial charge in [-0.15, -0.1) is 0 Å². The molecule has 70 valence electrons. The van der Waals surface area contributed by atoms with E-state index in [2.05, 4.69) is 19.2 Å². The minimum absolute atomic E-state index is 0.415. The quantitative estimate of drug-likeness (QED) is 0.585. The van der Waals surface area contributed by atoms with E-state index in [1.807, 2.05) is 0 Å². The van der Waals surface area contributed by atoms with Crippen molar-refractivity contribution < 1.29 is 0 Å². The fourth-order valence-corrected chi connectivity index (χ4v) is 2.86. The normalized spacial score (nSPS) is 40.5. The first-order valence-electron chi connectivity index (χ1n) is 5.45. The van der Waals surface area contributed by atoms with E-state index in [0.717, 1.165) is 12.0 Å². The van der Waals surface area contributed by atoms with Gasteiger partial charge < -0.3 is 5.32 Å². The lowest BCUT2D eigenvalue weighted by Gasteiger charge is -2.44. The molecule has 2 aliphatic rings. The van der Waals surface area contributed by atoms with E-state index >= 15 is 0 Å². The molecule has 0 aromatic carbocycles. The van der Waals surface area contributed by atoms with Gasteiger partial charge in [0.15, 0.2) is 0 Å². The monoisotopic (exact) mass is 167 g/mol. The Kier molecular flexibility index (Phi) is 2.16. The molecule has 0 aromatic rings. The highest BCUT2D eigenvalue weighted by Crippen LogP contribution is 2.35. The summed E-state index contributed by atoms with van der Waals surface area (Å²) in [4.78, 5) is 0. The summed E-state index contributed by atoms with van der Waals surface area (Å²) >= 11 is 0. The smallest absolute Gasteiger partial charge is 0.0127 e. The molecule has 1 aliphatic heterocycles. The molecule has 1 aliphatic carbocycles. The van der Waals surface area contributed by atoms with Crippen molar-refractivity contribution in [2.24, 2.45) is 5.92 Å². The highest BCUT2D eigenvalue weighted by Gasteiger charge is 2.34. The topological polar surface area (TPSA) is 12.0 Å². The van der Waals surface area contributed by atoms with Crippen LogP contribution in [0.2, 0.25) is 0 Å². The Bertz CT molecular complexity index is 162. The fraction of sp³-hybridized carbons (Fsp3) is 1.00. The van der Waals surface area contributed by atoms with Gasteiger partial charge in [-0.25, -0.2) is 0 Å². The second kappa shape index (κ2) is 3.02. The molecule has 1 heteroatoms. The molecule has 1 N–H and O–H groups in total. The molecule has 0 bridgehead atoms. The lowest BCUT2D eigenvalue weighted by Crippen LogP contribution is -2.54. The van der Waals surface area contributed by atoms with E-state index in [1.54, 1.807) is 0 Å². The Morgan fingerprint density at radius 3 is 2.67 bits per heavy atom. The fourth-order valence-electron chi connectivity index (χ4n) is 2.86. The van der Waals surface area contributed by atoms with Crippen molar-refractivity contribution in [3.63, 3.8) is 0 Å². The molecule has 2 atom stereocenters. The molecule has 0 radical (unpaired) electrons. The van der Waals surface area contributed by atoms with E-state index in [1.165, 1.54) is 38.5 Å². The minimum Gasteiger partial charge on any atom is -0.309 e. The first-order valence-corrected chi connectivity index (χ1v) is 5.45. The van der Waals surface area contributed by atoms with Crippen molar-refractivity contribution >= 4 is 0 Å². The molecule has 1 heterocycles. The molecule has 2 fully saturated rings. The van der Waals surface area contributed by atoms with Crippen molar-refractivity contribution in [2.45, 2.75) is 64.0 Å². The Hall–Kier alpha value is -0.0400. The molecule has 1 saturated carbocycles. The molecule has 2 rings (SSSR count). The number of hydrogen-bond acceptors (Lipinski definition) is 1. The summed E-state index contributed by atoms with van der Waals surface area (Å²) in [6.07, 6.45) is 8.66. The third-order valence-electron chi connectivity index (χ3n) is 3.63. The van der Waals surface area contributed by atoms with Gasteiger partial charge in [0.2, 0.25) is 0 Å². The zero-order valence-corrected chi connectivity index (χ0v) is 8.40. The third kappa shape index (κ3) is 1.66. The van der Waals surface area contributed by atoms with Gasteiger partial charge in [-0.05, 0) is 45.4 Å². The maximum Gasteiger partial charge on any atom is 0.0127 e. The second-order valence-electron chi connectivity index (χ2n) is 5.22. The van der Waals surface area contributed by atoms with Crippen LogP contribution in [0, 0.1) is 5.92 Å². The molecule has 0 amide bonds. The van der Waals surface area contributed by atoms with Crippen LogP contribution in [0.1, 0.15) is 52.4 Å². The largest absolute Gasteiger partial charge is 0.309 e. The Labute approximate surface area is 75.9 Å². The van der Waals surface area contributed by atoms with Crippen molar-refractivity contribution in [3.05, 3.63) is 0 Å². The molecule has 2 unspecified atom stereocenters. The predicted molar refractivity (Wildman–Crippen MR) is 52.2 cm³/mol. The average Bonchev–Trinajstić information content (AvgIpc) is 2.02. The summed E-state index contributed by atoms with van der Waals surface area (Å²) < 4.78 is 0. The second-order valence-corrected chi connectivity index (χ2v) is 5.22. The predicted octanol–water partition coefficient (Wildman–Crippen LogP) is 2.71. The van der Waals surface area contributed by atoms with E-state index in [4.69, 9.17) is 0 Å². The summed E-state index contributed by atoms with van der Waals surface area (Å²) in [5, 5.41) is 3.79. The molecule has 1 saturated heterocycles. The zero-order valence-electron chi connectivity index (χ0n) is 8.40. The average molecular weight is 167 g/mol. The van der Waals surface area contributed by atoms with Crippen LogP contribution in [0.3, 0.4) is 0 Å². The van der Waals surface area contributed by atoms with Gasteiger partial charge in [0.05, 0.1) is 0 Å². The number of rotatable bonds is 0. The number of piperidine rings is 1. The molecule has 0 aromatic heterocycles. The van der Waals surface area contributed by atoms with Crippen LogP contribution >= 0.6 is 0 Å². The number of hydrogen-bond donors (Lipinski definition) is 1. The Morgan fingerprint density at radius 2 is 1.83 bits per heavy atom. The van der Waals surface area contributed by atoms with Gasteiger partial charge in [0, 0.05) is 11.6 Å². The van der Waals surface area contributed by atoms with Gasteiger partial charge in [-0.3, -0.25) is 0 Å². The molecule has 1 nitrogen and oxygen atoms in total. The maximum atomic E-state index is 3.79. The third-order valence-corrected chi connectivity index (χ3v) is 3.63. The minimum atomic E-state index is 0.415. The summed E-state index contributed by atoms with van der Waals surface area (Å²) in [7, 11) is 0. The van der Waals surface area contributed by atoms with Crippen LogP contribution in [0.5, 0.6) is 0 Å². The lowest BCUT2D eigenvalue weighted by molar-refractivity contribution is 0.136. The number of fused-ring (bicyclic) bond motifs is 1. The summed E-state index contributed by atoms with van der Waals surface area (Å²) in [6, 6.07) is 0.850. The van der Waals surface area contributed by atoms with E-state index < -0.39 is 0 Å². The van der Waals surface area contributed by atoms with Gasteiger partial charge >= 0.3 is 0 Å². The van der Waals surface area contributed by atoms with Gasteiger partial charge in [0.25, 0.3) is 0 Å². The van der Waals surface area contributed by atoms with Gasteiger partial charge in [-0.1, -0.05) is 12.8 Å². The lowest BCUT2D eigenvalue weighted by atomic mass is 9.75. The highest BCUT2D eigenvalue weighted by molar-refractivity contribution is 4.93. The van der Waals surface area contributed by atoms with Crippen LogP contribution in [0.4, 0.5) is 0 Å².